The fourth-order valence-corrected chi connectivity index (χ4v) is 2.84. The predicted octanol–water partition coefficient (Wildman–Crippen LogP) is 1.45. The second-order valence-electron chi connectivity index (χ2n) is 6.80. The van der Waals surface area contributed by atoms with Gasteiger partial charge < -0.3 is 25.0 Å². The number of carbonyl (C=O) groups is 1. The third kappa shape index (κ3) is 10.8. The van der Waals surface area contributed by atoms with E-state index in [0.29, 0.717) is 25.7 Å². The van der Waals surface area contributed by atoms with Crippen LogP contribution in [0.5, 0.6) is 0 Å². The van der Waals surface area contributed by atoms with E-state index in [1.54, 1.807) is 25.2 Å². The number of guanidine groups is 1. The monoisotopic (exact) mass is 519 g/mol. The molecule has 8 nitrogen and oxygen atoms in total. The molecule has 1 atom stereocenters. The zero-order chi connectivity index (χ0) is 20.0. The molecule has 2 N–H and O–H groups in total. The number of amides is 1. The first-order chi connectivity index (χ1) is 13.7. The fraction of sp³-hybridized carbons (Fsp3) is 0.650. The molecule has 1 fully saturated rings. The van der Waals surface area contributed by atoms with Crippen LogP contribution < -0.4 is 10.6 Å². The van der Waals surface area contributed by atoms with Crippen LogP contribution in [-0.2, 0) is 20.7 Å². The van der Waals surface area contributed by atoms with Gasteiger partial charge in [0.05, 0.1) is 19.3 Å². The number of nitrogens with one attached hydrogen (secondary N) is 2. The van der Waals surface area contributed by atoms with Gasteiger partial charge >= 0.3 is 0 Å². The molecule has 0 saturated carbocycles. The maximum atomic E-state index is 12.3. The Kier molecular flexibility index (Phi) is 13.6. The summed E-state index contributed by atoms with van der Waals surface area (Å²) in [5.74, 6) is 0.629. The molecule has 1 aliphatic rings. The van der Waals surface area contributed by atoms with E-state index in [2.05, 4.69) is 20.6 Å². The zero-order valence-corrected chi connectivity index (χ0v) is 19.8. The van der Waals surface area contributed by atoms with Crippen LogP contribution in [0.2, 0.25) is 0 Å². The van der Waals surface area contributed by atoms with Crippen molar-refractivity contribution < 1.29 is 14.3 Å². The van der Waals surface area contributed by atoms with Gasteiger partial charge in [-0.25, -0.2) is 0 Å². The number of aliphatic imine (C=N–C) groups is 1. The number of rotatable bonds is 11. The van der Waals surface area contributed by atoms with E-state index in [0.717, 1.165) is 44.5 Å². The van der Waals surface area contributed by atoms with E-state index in [9.17, 15) is 4.79 Å². The van der Waals surface area contributed by atoms with Gasteiger partial charge in [-0.05, 0) is 31.4 Å². The summed E-state index contributed by atoms with van der Waals surface area (Å²) in [5, 5.41) is 6.25. The molecule has 1 aliphatic heterocycles. The molecule has 2 rings (SSSR count). The van der Waals surface area contributed by atoms with E-state index in [1.165, 1.54) is 0 Å². The molecule has 164 valence electrons. The Hall–Kier alpha value is -1.46. The van der Waals surface area contributed by atoms with Crippen molar-refractivity contribution in [2.45, 2.75) is 31.8 Å². The minimum Gasteiger partial charge on any atom is -0.379 e. The average molecular weight is 519 g/mol. The topological polar surface area (TPSA) is 88.1 Å². The number of pyridine rings is 1. The molecule has 1 amide bonds. The standard InChI is InChI=1S/C20H33N5O3.HI/c1-21-20(23-11-6-13-27-16-18-8-5-14-28-18)24-15-19(26)25(2)12-9-17-7-3-4-10-22-17;/h3-4,7,10,18H,5-6,8-9,11-16H2,1-2H3,(H2,21,23,24);1H. The Labute approximate surface area is 190 Å². The number of likely N-dealkylation sites (N-methyl/N-ethyl adjacent to an activating group) is 1. The number of hydrogen-bond acceptors (Lipinski definition) is 5. The summed E-state index contributed by atoms with van der Waals surface area (Å²) in [7, 11) is 3.49. The van der Waals surface area contributed by atoms with Crippen LogP contribution in [0.25, 0.3) is 0 Å². The number of aromatic nitrogens is 1. The van der Waals surface area contributed by atoms with Crippen LogP contribution >= 0.6 is 24.0 Å². The number of hydrogen-bond donors (Lipinski definition) is 2. The van der Waals surface area contributed by atoms with E-state index in [4.69, 9.17) is 9.47 Å². The lowest BCUT2D eigenvalue weighted by Crippen LogP contribution is -2.44. The van der Waals surface area contributed by atoms with Crippen molar-refractivity contribution in [1.29, 1.82) is 0 Å². The molecule has 2 heterocycles. The Balaban J connectivity index is 0.00000420. The molecule has 0 radical (unpaired) electrons. The average Bonchev–Trinajstić information content (AvgIpc) is 3.25. The maximum Gasteiger partial charge on any atom is 0.241 e. The van der Waals surface area contributed by atoms with Gasteiger partial charge in [-0.1, -0.05) is 6.07 Å². The smallest absolute Gasteiger partial charge is 0.241 e. The second kappa shape index (κ2) is 15.4. The quantitative estimate of drug-likeness (QED) is 0.199. The third-order valence-corrected chi connectivity index (χ3v) is 4.57. The highest BCUT2D eigenvalue weighted by atomic mass is 127. The molecule has 1 aromatic heterocycles. The van der Waals surface area contributed by atoms with Gasteiger partial charge in [-0.2, -0.15) is 0 Å². The number of nitrogens with zero attached hydrogens (tertiary/aromatic N) is 3. The van der Waals surface area contributed by atoms with E-state index in [1.807, 2.05) is 18.2 Å². The van der Waals surface area contributed by atoms with Gasteiger partial charge in [0.15, 0.2) is 5.96 Å². The van der Waals surface area contributed by atoms with Gasteiger partial charge in [0.2, 0.25) is 5.91 Å². The van der Waals surface area contributed by atoms with Crippen LogP contribution in [0, 0.1) is 0 Å². The van der Waals surface area contributed by atoms with Gasteiger partial charge in [0.1, 0.15) is 0 Å². The van der Waals surface area contributed by atoms with Crippen molar-refractivity contribution in [2.75, 3.05) is 53.6 Å². The minimum absolute atomic E-state index is 0. The normalized spacial score (nSPS) is 16.2. The number of carbonyl (C=O) groups excluding carboxylic acids is 1. The SMILES string of the molecule is CN=C(NCCCOCC1CCCO1)NCC(=O)N(C)CCc1ccccn1.I. The molecule has 1 unspecified atom stereocenters. The fourth-order valence-electron chi connectivity index (χ4n) is 2.84. The largest absolute Gasteiger partial charge is 0.379 e. The van der Waals surface area contributed by atoms with Gasteiger partial charge in [0, 0.05) is 58.7 Å². The summed E-state index contributed by atoms with van der Waals surface area (Å²) < 4.78 is 11.2. The van der Waals surface area contributed by atoms with E-state index in [-0.39, 0.29) is 42.5 Å². The summed E-state index contributed by atoms with van der Waals surface area (Å²) >= 11 is 0. The lowest BCUT2D eigenvalue weighted by Gasteiger charge is -2.18. The van der Waals surface area contributed by atoms with Crippen LogP contribution in [0.1, 0.15) is 25.0 Å². The lowest BCUT2D eigenvalue weighted by molar-refractivity contribution is -0.128. The van der Waals surface area contributed by atoms with Gasteiger partial charge in [0.25, 0.3) is 0 Å². The molecule has 0 aromatic carbocycles. The highest BCUT2D eigenvalue weighted by Crippen LogP contribution is 2.11. The first-order valence-electron chi connectivity index (χ1n) is 9.96. The molecule has 9 heteroatoms. The van der Waals surface area contributed by atoms with Crippen LogP contribution in [-0.4, -0.2) is 81.4 Å². The van der Waals surface area contributed by atoms with Crippen molar-refractivity contribution in [1.82, 2.24) is 20.5 Å². The third-order valence-electron chi connectivity index (χ3n) is 4.57. The van der Waals surface area contributed by atoms with Crippen LogP contribution in [0.4, 0.5) is 0 Å². The molecule has 0 spiro atoms. The molecule has 29 heavy (non-hydrogen) atoms. The van der Waals surface area contributed by atoms with Crippen LogP contribution in [0.15, 0.2) is 29.4 Å². The zero-order valence-electron chi connectivity index (χ0n) is 17.4. The maximum absolute atomic E-state index is 12.3. The Morgan fingerprint density at radius 1 is 1.41 bits per heavy atom. The Bertz CT molecular complexity index is 597. The molecule has 1 saturated heterocycles. The van der Waals surface area contributed by atoms with Crippen molar-refractivity contribution in [2.24, 2.45) is 4.99 Å². The highest BCUT2D eigenvalue weighted by Gasteiger charge is 2.15. The van der Waals surface area contributed by atoms with Gasteiger partial charge in [-0.15, -0.1) is 24.0 Å². The van der Waals surface area contributed by atoms with Crippen LogP contribution in [0.3, 0.4) is 0 Å². The van der Waals surface area contributed by atoms with Gasteiger partial charge in [-0.3, -0.25) is 14.8 Å². The second-order valence-corrected chi connectivity index (χ2v) is 6.80. The summed E-state index contributed by atoms with van der Waals surface area (Å²) in [4.78, 5) is 22.4. The summed E-state index contributed by atoms with van der Waals surface area (Å²) in [5.41, 5.74) is 0.981. The lowest BCUT2D eigenvalue weighted by atomic mass is 10.2. The Morgan fingerprint density at radius 2 is 2.28 bits per heavy atom. The van der Waals surface area contributed by atoms with Crippen molar-refractivity contribution >= 4 is 35.8 Å². The minimum atomic E-state index is 0. The van der Waals surface area contributed by atoms with E-state index < -0.39 is 0 Å². The summed E-state index contributed by atoms with van der Waals surface area (Å²) in [6, 6.07) is 5.80. The molecule has 1 aromatic rings. The summed E-state index contributed by atoms with van der Waals surface area (Å²) in [6.07, 6.45) is 5.87. The molecule has 0 bridgehead atoms. The highest BCUT2D eigenvalue weighted by molar-refractivity contribution is 14.0. The summed E-state index contributed by atoms with van der Waals surface area (Å²) in [6.45, 7) is 3.77. The molecular formula is C20H34IN5O3. The van der Waals surface area contributed by atoms with Crippen molar-refractivity contribution in [3.63, 3.8) is 0 Å². The molecular weight excluding hydrogens is 485 g/mol. The van der Waals surface area contributed by atoms with Crippen molar-refractivity contribution in [3.05, 3.63) is 30.1 Å². The first-order valence-corrected chi connectivity index (χ1v) is 9.96. The first kappa shape index (κ1) is 25.6. The molecule has 0 aliphatic carbocycles. The van der Waals surface area contributed by atoms with E-state index >= 15 is 0 Å². The predicted molar refractivity (Wildman–Crippen MR) is 125 cm³/mol. The Morgan fingerprint density at radius 3 is 2.97 bits per heavy atom. The number of halogens is 1. The number of ether oxygens (including phenoxy) is 2. The van der Waals surface area contributed by atoms with Crippen molar-refractivity contribution in [3.8, 4) is 0 Å².